The van der Waals surface area contributed by atoms with Crippen LogP contribution < -0.4 is 0 Å². The zero-order valence-electron chi connectivity index (χ0n) is 3.92. The molecule has 0 spiro atoms. The number of terminal acetylenes is 1. The van der Waals surface area contributed by atoms with Crippen LogP contribution >= 0.6 is 10.5 Å². The van der Waals surface area contributed by atoms with Gasteiger partial charge >= 0.3 is 0 Å². The summed E-state index contributed by atoms with van der Waals surface area (Å²) < 4.78 is 0. The fraction of sp³-hybridized carbons (Fsp3) is 0.167. The Labute approximate surface area is 46.2 Å². The van der Waals surface area contributed by atoms with Gasteiger partial charge in [-0.15, -0.1) is 16.9 Å². The lowest BCUT2D eigenvalue weighted by Crippen LogP contribution is -1.62. The third-order valence-corrected chi connectivity index (χ3v) is 2.15. The van der Waals surface area contributed by atoms with Crippen molar-refractivity contribution in [2.24, 2.45) is 0 Å². The molecule has 0 radical (unpaired) electrons. The first kappa shape index (κ1) is 4.67. The van der Waals surface area contributed by atoms with Crippen LogP contribution in [0, 0.1) is 11.7 Å². The van der Waals surface area contributed by atoms with Crippen LogP contribution in [-0.2, 0) is 0 Å². The van der Waals surface area contributed by atoms with Crippen LogP contribution in [0.2, 0.25) is 0 Å². The van der Waals surface area contributed by atoms with E-state index in [9.17, 15) is 0 Å². The van der Waals surface area contributed by atoms with E-state index in [1.54, 1.807) is 0 Å². The maximum atomic E-state index is 5.12. The summed E-state index contributed by atoms with van der Waals surface area (Å²) >= 11 is 0. The molecule has 0 N–H and O–H groups in total. The Morgan fingerprint density at radius 2 is 2.57 bits per heavy atom. The topological polar surface area (TPSA) is 0 Å². The minimum atomic E-state index is 0.157. The summed E-state index contributed by atoms with van der Waals surface area (Å²) in [6.07, 6.45) is 9.26. The van der Waals surface area contributed by atoms with E-state index in [0.29, 0.717) is 0 Å². The monoisotopic (exact) mass is 110 g/mol. The van der Waals surface area contributed by atoms with Gasteiger partial charge in [0.1, 0.15) is 0 Å². The molecule has 0 amide bonds. The van der Waals surface area contributed by atoms with E-state index < -0.39 is 0 Å². The first-order valence-corrected chi connectivity index (χ1v) is 3.55. The molecule has 0 fully saturated rings. The van der Waals surface area contributed by atoms with Gasteiger partial charge in [0.05, 0.1) is 0 Å². The van der Waals surface area contributed by atoms with Gasteiger partial charge in [0.15, 0.2) is 0 Å². The third-order valence-electron chi connectivity index (χ3n) is 0.806. The molecule has 0 nitrogen and oxygen atoms in total. The van der Waals surface area contributed by atoms with Crippen LogP contribution in [0.3, 0.4) is 0 Å². The van der Waals surface area contributed by atoms with Gasteiger partial charge in [-0.3, -0.25) is 0 Å². The van der Waals surface area contributed by atoms with E-state index in [1.807, 2.05) is 6.08 Å². The molecule has 0 saturated heterocycles. The summed E-state index contributed by atoms with van der Waals surface area (Å²) in [6.45, 7) is 0. The molecule has 0 saturated carbocycles. The molecule has 0 aromatic heterocycles. The minimum absolute atomic E-state index is 0.157. The first-order chi connectivity index (χ1) is 3.43. The van der Waals surface area contributed by atoms with E-state index >= 15 is 0 Å². The van der Waals surface area contributed by atoms with Gasteiger partial charge in [0.25, 0.3) is 0 Å². The highest BCUT2D eigenvalue weighted by atomic mass is 32.2. The van der Waals surface area contributed by atoms with E-state index in [-0.39, 0.29) is 10.5 Å². The van der Waals surface area contributed by atoms with Gasteiger partial charge in [-0.25, -0.2) is 0 Å². The average molecular weight is 110 g/mol. The molecule has 0 aromatic carbocycles. The van der Waals surface area contributed by atoms with Gasteiger partial charge in [-0.2, -0.15) is 0 Å². The predicted molar refractivity (Wildman–Crippen MR) is 36.5 cm³/mol. The number of hydrogen-bond donors (Lipinski definition) is 0. The summed E-state index contributed by atoms with van der Waals surface area (Å²) in [6, 6.07) is 0. The van der Waals surface area contributed by atoms with Gasteiger partial charge in [-0.1, -0.05) is 12.2 Å². The van der Waals surface area contributed by atoms with Crippen molar-refractivity contribution in [1.82, 2.24) is 0 Å². The largest absolute Gasteiger partial charge is 0.109 e. The molecular formula is C6H6S. The van der Waals surface area contributed by atoms with Crippen molar-refractivity contribution in [2.75, 3.05) is 5.75 Å². The van der Waals surface area contributed by atoms with Crippen LogP contribution in [0.4, 0.5) is 0 Å². The van der Waals surface area contributed by atoms with E-state index in [1.165, 1.54) is 0 Å². The lowest BCUT2D eigenvalue weighted by molar-refractivity contribution is 1.83. The third kappa shape index (κ3) is 0.942. The maximum Gasteiger partial charge on any atom is 0.0180 e. The molecule has 1 atom stereocenters. The zero-order chi connectivity index (χ0) is 5.11. The summed E-state index contributed by atoms with van der Waals surface area (Å²) in [5.74, 6) is 1.07. The van der Waals surface area contributed by atoms with E-state index in [2.05, 4.69) is 16.7 Å². The van der Waals surface area contributed by atoms with E-state index in [0.717, 1.165) is 5.75 Å². The summed E-state index contributed by atoms with van der Waals surface area (Å²) in [5.41, 5.74) is 0. The van der Waals surface area contributed by atoms with E-state index in [4.69, 9.17) is 6.42 Å². The molecule has 1 heterocycles. The Morgan fingerprint density at radius 3 is 2.86 bits per heavy atom. The molecule has 36 valence electrons. The molecule has 1 unspecified atom stereocenters. The smallest absolute Gasteiger partial charge is 0.0180 e. The van der Waals surface area contributed by atoms with Crippen molar-refractivity contribution in [3.05, 3.63) is 12.2 Å². The highest BCUT2D eigenvalue weighted by Crippen LogP contribution is 2.12. The second-order valence-electron chi connectivity index (χ2n) is 1.28. The molecule has 1 aliphatic rings. The average Bonchev–Trinajstić information content (AvgIpc) is 2.14. The minimum Gasteiger partial charge on any atom is -0.109 e. The number of allylic oxidation sites excluding steroid dienone is 1. The van der Waals surface area contributed by atoms with Gasteiger partial charge in [0.2, 0.25) is 0 Å². The molecule has 0 bridgehead atoms. The molecular weight excluding hydrogens is 104 g/mol. The lowest BCUT2D eigenvalue weighted by Gasteiger charge is -1.82. The maximum absolute atomic E-state index is 5.12. The Bertz CT molecular complexity index is 158. The van der Waals surface area contributed by atoms with Crippen LogP contribution in [-0.4, -0.2) is 11.1 Å². The Kier molecular flexibility index (Phi) is 1.33. The molecule has 1 aliphatic heterocycles. The predicted octanol–water partition coefficient (Wildman–Crippen LogP) is 1.22. The fourth-order valence-electron chi connectivity index (χ4n) is 0.453. The zero-order valence-corrected chi connectivity index (χ0v) is 4.74. The van der Waals surface area contributed by atoms with Crippen LogP contribution in [0.5, 0.6) is 0 Å². The standard InChI is InChI=1S/C6H6S/c1-2-7-5-3-4-6-7/h1,3-5H,6H2. The number of rotatable bonds is 0. The van der Waals surface area contributed by atoms with Crippen molar-refractivity contribution >= 4 is 15.9 Å². The van der Waals surface area contributed by atoms with Crippen molar-refractivity contribution < 1.29 is 0 Å². The van der Waals surface area contributed by atoms with Crippen LogP contribution in [0.15, 0.2) is 12.2 Å². The normalized spacial score (nSPS) is 26.4. The Balaban J connectivity index is 2.67. The summed E-state index contributed by atoms with van der Waals surface area (Å²) in [7, 11) is 0.157. The molecule has 1 rings (SSSR count). The molecule has 0 aliphatic carbocycles. The van der Waals surface area contributed by atoms with Crippen molar-refractivity contribution in [3.63, 3.8) is 0 Å². The van der Waals surface area contributed by atoms with Gasteiger partial charge in [-0.05, 0) is 10.6 Å². The summed E-state index contributed by atoms with van der Waals surface area (Å²) in [4.78, 5) is 0. The van der Waals surface area contributed by atoms with Crippen molar-refractivity contribution in [3.8, 4) is 11.7 Å². The second kappa shape index (κ2) is 1.99. The highest BCUT2D eigenvalue weighted by Gasteiger charge is 1.87. The van der Waals surface area contributed by atoms with Crippen LogP contribution in [0.25, 0.3) is 0 Å². The Hall–Kier alpha value is -0.480. The van der Waals surface area contributed by atoms with Gasteiger partial charge in [0, 0.05) is 5.75 Å². The lowest BCUT2D eigenvalue weighted by atomic mass is 10.6. The number of hydrogen-bond acceptors (Lipinski definition) is 0. The summed E-state index contributed by atoms with van der Waals surface area (Å²) in [5, 5.41) is 4.74. The highest BCUT2D eigenvalue weighted by molar-refractivity contribution is 8.19. The molecule has 1 heteroatoms. The van der Waals surface area contributed by atoms with Crippen LogP contribution in [0.1, 0.15) is 0 Å². The van der Waals surface area contributed by atoms with Crippen molar-refractivity contribution in [1.29, 1.82) is 0 Å². The van der Waals surface area contributed by atoms with Crippen molar-refractivity contribution in [2.45, 2.75) is 0 Å². The van der Waals surface area contributed by atoms with Gasteiger partial charge < -0.3 is 0 Å². The molecule has 7 heavy (non-hydrogen) atoms. The second-order valence-corrected chi connectivity index (χ2v) is 2.98. The SMILES string of the molecule is C#CS1=CC=CC1. The molecule has 0 aromatic rings. The fourth-order valence-corrected chi connectivity index (χ4v) is 1.36. The first-order valence-electron chi connectivity index (χ1n) is 2.09. The Morgan fingerprint density at radius 1 is 1.71 bits per heavy atom. The quantitative estimate of drug-likeness (QED) is 0.325.